The van der Waals surface area contributed by atoms with Crippen molar-refractivity contribution in [3.63, 3.8) is 0 Å². The number of aromatic amines is 2. The Bertz CT molecular complexity index is 857. The Hall–Kier alpha value is -2.05. The monoisotopic (exact) mass is 323 g/mol. The molecule has 1 aromatic carbocycles. The van der Waals surface area contributed by atoms with Crippen LogP contribution in [0, 0.1) is 0 Å². The second-order valence-corrected chi connectivity index (χ2v) is 5.42. The molecule has 0 aliphatic heterocycles. The summed E-state index contributed by atoms with van der Waals surface area (Å²) in [5, 5.41) is 11.1. The third-order valence-electron chi connectivity index (χ3n) is 3.10. The van der Waals surface area contributed by atoms with Crippen LogP contribution in [-0.4, -0.2) is 20.2 Å². The topological polar surface area (TPSA) is 86.5 Å². The molecule has 3 aromatic rings. The zero-order valence-corrected chi connectivity index (χ0v) is 12.5. The second kappa shape index (κ2) is 5.38. The Kier molecular flexibility index (Phi) is 3.57. The number of hydrogen-bond acceptors (Lipinski definition) is 4. The number of H-pyrrole nitrogens is 2. The van der Waals surface area contributed by atoms with Gasteiger partial charge >= 0.3 is 0 Å². The van der Waals surface area contributed by atoms with E-state index in [-0.39, 0.29) is 11.6 Å². The van der Waals surface area contributed by atoms with Gasteiger partial charge in [0.2, 0.25) is 5.95 Å². The molecule has 3 N–H and O–H groups in total. The summed E-state index contributed by atoms with van der Waals surface area (Å²) in [6, 6.07) is 5.10. The lowest BCUT2D eigenvalue weighted by molar-refractivity contribution is 0.860. The molecule has 21 heavy (non-hydrogen) atoms. The molecule has 2 heterocycles. The standard InChI is InChI=1S/C13H11Cl2N5O/c1-6(8-3-2-7(14)4-10(8)15)17-13-18-11-9(5-16-20-11)12(21)19-13/h2-6H,1H3,(H3,16,17,18,19,20,21)/t6-/m1/s1. The van der Waals surface area contributed by atoms with Gasteiger partial charge in [-0.3, -0.25) is 14.9 Å². The highest BCUT2D eigenvalue weighted by molar-refractivity contribution is 6.35. The molecule has 0 saturated heterocycles. The Morgan fingerprint density at radius 3 is 2.90 bits per heavy atom. The lowest BCUT2D eigenvalue weighted by Gasteiger charge is -2.16. The first kappa shape index (κ1) is 13.9. The molecule has 108 valence electrons. The summed E-state index contributed by atoms with van der Waals surface area (Å²) >= 11 is 12.0. The van der Waals surface area contributed by atoms with Crippen LogP contribution < -0.4 is 10.9 Å². The average molecular weight is 324 g/mol. The molecular formula is C13H11Cl2N5O. The first-order valence-electron chi connectivity index (χ1n) is 6.19. The van der Waals surface area contributed by atoms with Crippen LogP contribution in [0.5, 0.6) is 0 Å². The van der Waals surface area contributed by atoms with E-state index in [1.807, 2.05) is 13.0 Å². The molecule has 0 amide bonds. The summed E-state index contributed by atoms with van der Waals surface area (Å²) in [6.07, 6.45) is 1.43. The molecule has 1 atom stereocenters. The van der Waals surface area contributed by atoms with Crippen molar-refractivity contribution >= 4 is 40.2 Å². The van der Waals surface area contributed by atoms with E-state index in [0.29, 0.717) is 27.0 Å². The van der Waals surface area contributed by atoms with Crippen molar-refractivity contribution in [3.05, 3.63) is 50.4 Å². The van der Waals surface area contributed by atoms with Gasteiger partial charge in [0.05, 0.1) is 12.2 Å². The van der Waals surface area contributed by atoms with Crippen LogP contribution in [0.3, 0.4) is 0 Å². The lowest BCUT2D eigenvalue weighted by atomic mass is 10.1. The minimum atomic E-state index is -0.259. The zero-order chi connectivity index (χ0) is 15.0. The van der Waals surface area contributed by atoms with Crippen LogP contribution in [0.15, 0.2) is 29.2 Å². The van der Waals surface area contributed by atoms with Gasteiger partial charge in [0, 0.05) is 10.0 Å². The van der Waals surface area contributed by atoms with E-state index < -0.39 is 0 Å². The first-order valence-corrected chi connectivity index (χ1v) is 6.95. The number of halogens is 2. The van der Waals surface area contributed by atoms with Crippen LogP contribution in [0.1, 0.15) is 18.5 Å². The zero-order valence-electron chi connectivity index (χ0n) is 10.9. The van der Waals surface area contributed by atoms with Crippen molar-refractivity contribution in [3.8, 4) is 0 Å². The molecule has 0 spiro atoms. The van der Waals surface area contributed by atoms with Crippen LogP contribution >= 0.6 is 23.2 Å². The summed E-state index contributed by atoms with van der Waals surface area (Å²) in [6.45, 7) is 1.91. The molecule has 6 nitrogen and oxygen atoms in total. The van der Waals surface area contributed by atoms with Gasteiger partial charge in [-0.15, -0.1) is 0 Å². The van der Waals surface area contributed by atoms with E-state index in [1.165, 1.54) is 6.20 Å². The molecule has 0 saturated carbocycles. The van der Waals surface area contributed by atoms with E-state index in [4.69, 9.17) is 23.2 Å². The van der Waals surface area contributed by atoms with E-state index >= 15 is 0 Å². The predicted octanol–water partition coefficient (Wildman–Crippen LogP) is 3.13. The number of benzene rings is 1. The maximum Gasteiger partial charge on any atom is 0.263 e. The maximum atomic E-state index is 11.9. The minimum Gasteiger partial charge on any atom is -0.349 e. The number of fused-ring (bicyclic) bond motifs is 1. The average Bonchev–Trinajstić information content (AvgIpc) is 2.87. The Morgan fingerprint density at radius 2 is 2.14 bits per heavy atom. The fourth-order valence-electron chi connectivity index (χ4n) is 2.05. The highest BCUT2D eigenvalue weighted by atomic mass is 35.5. The largest absolute Gasteiger partial charge is 0.349 e. The smallest absolute Gasteiger partial charge is 0.263 e. The molecule has 8 heteroatoms. The number of aromatic nitrogens is 4. The van der Waals surface area contributed by atoms with Crippen molar-refractivity contribution in [1.82, 2.24) is 20.2 Å². The minimum absolute atomic E-state index is 0.154. The van der Waals surface area contributed by atoms with Crippen LogP contribution in [-0.2, 0) is 0 Å². The highest BCUT2D eigenvalue weighted by Crippen LogP contribution is 2.27. The fourth-order valence-corrected chi connectivity index (χ4v) is 2.62. The van der Waals surface area contributed by atoms with E-state index in [9.17, 15) is 4.79 Å². The van der Waals surface area contributed by atoms with Crippen LogP contribution in [0.4, 0.5) is 5.95 Å². The quantitative estimate of drug-likeness (QED) is 0.691. The van der Waals surface area contributed by atoms with E-state index in [0.717, 1.165) is 5.56 Å². The lowest BCUT2D eigenvalue weighted by Crippen LogP contribution is -2.15. The number of nitrogens with one attached hydrogen (secondary N) is 3. The third kappa shape index (κ3) is 2.72. The van der Waals surface area contributed by atoms with Crippen molar-refractivity contribution in [1.29, 1.82) is 0 Å². The predicted molar refractivity (Wildman–Crippen MR) is 83.0 cm³/mol. The molecule has 2 aromatic heterocycles. The molecule has 3 rings (SSSR count). The molecule has 0 aliphatic rings. The molecule has 0 fully saturated rings. The molecule has 0 radical (unpaired) electrons. The van der Waals surface area contributed by atoms with Gasteiger partial charge in [-0.1, -0.05) is 29.3 Å². The van der Waals surface area contributed by atoms with Gasteiger partial charge in [0.1, 0.15) is 5.39 Å². The van der Waals surface area contributed by atoms with Crippen molar-refractivity contribution in [2.45, 2.75) is 13.0 Å². The summed E-state index contributed by atoms with van der Waals surface area (Å²) < 4.78 is 0. The van der Waals surface area contributed by atoms with Gasteiger partial charge in [0.15, 0.2) is 5.65 Å². The second-order valence-electron chi connectivity index (χ2n) is 4.58. The number of hydrogen-bond donors (Lipinski definition) is 3. The Morgan fingerprint density at radius 1 is 1.33 bits per heavy atom. The summed E-state index contributed by atoms with van der Waals surface area (Å²) in [7, 11) is 0. The maximum absolute atomic E-state index is 11.9. The Labute approximate surface area is 129 Å². The van der Waals surface area contributed by atoms with Crippen molar-refractivity contribution in [2.75, 3.05) is 5.32 Å². The number of nitrogens with zero attached hydrogens (tertiary/aromatic N) is 2. The number of rotatable bonds is 3. The van der Waals surface area contributed by atoms with Crippen molar-refractivity contribution < 1.29 is 0 Å². The van der Waals surface area contributed by atoms with Crippen LogP contribution in [0.2, 0.25) is 10.0 Å². The van der Waals surface area contributed by atoms with Gasteiger partial charge in [-0.2, -0.15) is 10.1 Å². The van der Waals surface area contributed by atoms with Gasteiger partial charge < -0.3 is 5.32 Å². The molecule has 0 unspecified atom stereocenters. The van der Waals surface area contributed by atoms with E-state index in [1.54, 1.807) is 12.1 Å². The van der Waals surface area contributed by atoms with Crippen molar-refractivity contribution in [2.24, 2.45) is 0 Å². The first-order chi connectivity index (χ1) is 10.0. The SMILES string of the molecule is C[C@@H](Nc1nc2[nH]ncc2c(=O)[nH]1)c1ccc(Cl)cc1Cl. The normalized spacial score (nSPS) is 12.5. The molecular weight excluding hydrogens is 313 g/mol. The Balaban J connectivity index is 1.92. The number of anilines is 1. The van der Waals surface area contributed by atoms with Gasteiger partial charge in [-0.25, -0.2) is 0 Å². The van der Waals surface area contributed by atoms with Gasteiger partial charge in [0.25, 0.3) is 5.56 Å². The van der Waals surface area contributed by atoms with Crippen LogP contribution in [0.25, 0.3) is 11.0 Å². The molecule has 0 bridgehead atoms. The highest BCUT2D eigenvalue weighted by Gasteiger charge is 2.12. The summed E-state index contributed by atoms with van der Waals surface area (Å²) in [5.41, 5.74) is 1.02. The summed E-state index contributed by atoms with van der Waals surface area (Å²) in [4.78, 5) is 18.8. The van der Waals surface area contributed by atoms with Gasteiger partial charge in [-0.05, 0) is 24.6 Å². The fraction of sp³-hybridized carbons (Fsp3) is 0.154. The third-order valence-corrected chi connectivity index (χ3v) is 3.66. The summed E-state index contributed by atoms with van der Waals surface area (Å²) in [5.74, 6) is 0.343. The van der Waals surface area contributed by atoms with E-state index in [2.05, 4.69) is 25.5 Å². The molecule has 0 aliphatic carbocycles.